The fourth-order valence-electron chi connectivity index (χ4n) is 0.964. The Balaban J connectivity index is 0. The maximum Gasteiger partial charge on any atom is 0.330 e. The Morgan fingerprint density at radius 2 is 1.78 bits per heavy atom. The van der Waals surface area contributed by atoms with Crippen LogP contribution in [0.4, 0.5) is 10.1 Å². The van der Waals surface area contributed by atoms with Crippen molar-refractivity contribution in [1.82, 2.24) is 0 Å². The summed E-state index contributed by atoms with van der Waals surface area (Å²) in [5.74, 6) is -0.928. The number of carbonyl (C=O) groups excluding carboxylic acids is 1. The van der Waals surface area contributed by atoms with Gasteiger partial charge in [-0.05, 0) is 29.8 Å². The topological polar surface area (TPSA) is 52.3 Å². The lowest BCUT2D eigenvalue weighted by Crippen LogP contribution is -1.93. The number of methoxy groups -OCH3 is 1. The highest BCUT2D eigenvalue weighted by atomic mass is 19.1. The minimum absolute atomic E-state index is 0.314. The molecule has 0 spiro atoms. The van der Waals surface area contributed by atoms with Gasteiger partial charge in [0.15, 0.2) is 0 Å². The Morgan fingerprint density at radius 1 is 1.22 bits per heavy atom. The second-order valence-electron chi connectivity index (χ2n) is 2.67. The van der Waals surface area contributed by atoms with Gasteiger partial charge in [0.2, 0.25) is 0 Å². The van der Waals surface area contributed by atoms with Gasteiger partial charge in [0, 0.05) is 11.8 Å². The third kappa shape index (κ3) is 8.33. The predicted octanol–water partition coefficient (Wildman–Crippen LogP) is 3.65. The average molecular weight is 255 g/mol. The van der Waals surface area contributed by atoms with Crippen LogP contribution in [0, 0.1) is 5.82 Å². The molecular weight excluding hydrogens is 233 g/mol. The zero-order chi connectivity index (χ0) is 14.6. The first-order valence-electron chi connectivity index (χ1n) is 5.94. The molecule has 1 aromatic rings. The Kier molecular flexibility index (Phi) is 12.0. The van der Waals surface area contributed by atoms with Gasteiger partial charge in [0.05, 0.1) is 7.11 Å². The number of hydrogen-bond acceptors (Lipinski definition) is 3. The normalized spacial score (nSPS) is 8.78. The molecule has 0 aliphatic carbocycles. The van der Waals surface area contributed by atoms with E-state index < -0.39 is 11.8 Å². The van der Waals surface area contributed by atoms with Crippen LogP contribution in [0.25, 0.3) is 6.08 Å². The van der Waals surface area contributed by atoms with E-state index in [1.165, 1.54) is 31.4 Å². The van der Waals surface area contributed by atoms with Crippen molar-refractivity contribution in [3.05, 3.63) is 35.7 Å². The van der Waals surface area contributed by atoms with E-state index in [0.717, 1.165) is 0 Å². The van der Waals surface area contributed by atoms with Crippen molar-refractivity contribution in [3.63, 3.8) is 0 Å². The van der Waals surface area contributed by atoms with Crippen LogP contribution in [0.2, 0.25) is 0 Å². The Hall–Kier alpha value is -1.84. The number of carbonyl (C=O) groups is 1. The van der Waals surface area contributed by atoms with E-state index in [9.17, 15) is 9.18 Å². The number of nitrogen functional groups attached to an aromatic ring is 1. The number of hydrogen-bond donors (Lipinski definition) is 1. The van der Waals surface area contributed by atoms with E-state index in [0.29, 0.717) is 11.3 Å². The molecule has 0 aliphatic heterocycles. The lowest BCUT2D eigenvalue weighted by molar-refractivity contribution is -0.134. The third-order valence-corrected chi connectivity index (χ3v) is 1.56. The van der Waals surface area contributed by atoms with Gasteiger partial charge in [-0.3, -0.25) is 0 Å². The molecule has 0 radical (unpaired) electrons. The molecule has 18 heavy (non-hydrogen) atoms. The zero-order valence-corrected chi connectivity index (χ0v) is 11.7. The highest BCUT2D eigenvalue weighted by molar-refractivity contribution is 5.87. The summed E-state index contributed by atoms with van der Waals surface area (Å²) in [6.45, 7) is 8.00. The molecular formula is C14H22FNO2. The van der Waals surface area contributed by atoms with Crippen LogP contribution in [0.3, 0.4) is 0 Å². The molecule has 0 fully saturated rings. The van der Waals surface area contributed by atoms with Crippen LogP contribution >= 0.6 is 0 Å². The maximum atomic E-state index is 12.8. The van der Waals surface area contributed by atoms with E-state index in [-0.39, 0.29) is 0 Å². The first kappa shape index (κ1) is 18.5. The quantitative estimate of drug-likeness (QED) is 0.498. The largest absolute Gasteiger partial charge is 0.466 e. The zero-order valence-electron chi connectivity index (χ0n) is 11.7. The minimum atomic E-state index is -0.493. The fraction of sp³-hybridized carbons (Fsp3) is 0.357. The van der Waals surface area contributed by atoms with E-state index in [4.69, 9.17) is 5.73 Å². The molecule has 0 atom stereocenters. The van der Waals surface area contributed by atoms with Crippen molar-refractivity contribution in [3.8, 4) is 0 Å². The monoisotopic (exact) mass is 255 g/mol. The fourth-order valence-corrected chi connectivity index (χ4v) is 0.964. The van der Waals surface area contributed by atoms with Gasteiger partial charge in [-0.2, -0.15) is 0 Å². The lowest BCUT2D eigenvalue weighted by Gasteiger charge is -1.97. The maximum absolute atomic E-state index is 12.8. The molecule has 0 amide bonds. The highest BCUT2D eigenvalue weighted by Crippen LogP contribution is 2.11. The summed E-state index contributed by atoms with van der Waals surface area (Å²) in [6, 6.07) is 4.04. The number of rotatable bonds is 2. The van der Waals surface area contributed by atoms with Gasteiger partial charge >= 0.3 is 5.97 Å². The molecule has 0 unspecified atom stereocenters. The van der Waals surface area contributed by atoms with Gasteiger partial charge in [-0.1, -0.05) is 27.7 Å². The predicted molar refractivity (Wildman–Crippen MR) is 74.6 cm³/mol. The summed E-state index contributed by atoms with van der Waals surface area (Å²) < 4.78 is 17.2. The molecule has 0 bridgehead atoms. The van der Waals surface area contributed by atoms with Crippen molar-refractivity contribution in [2.75, 3.05) is 12.8 Å². The van der Waals surface area contributed by atoms with E-state index in [2.05, 4.69) is 4.74 Å². The van der Waals surface area contributed by atoms with Gasteiger partial charge in [-0.15, -0.1) is 0 Å². The first-order valence-corrected chi connectivity index (χ1v) is 5.94. The van der Waals surface area contributed by atoms with Gasteiger partial charge in [0.25, 0.3) is 0 Å². The van der Waals surface area contributed by atoms with Crippen LogP contribution in [-0.4, -0.2) is 13.1 Å². The molecule has 2 N–H and O–H groups in total. The average Bonchev–Trinajstić information content (AvgIpc) is 2.39. The molecule has 0 saturated carbocycles. The standard InChI is InChI=1S/C10H10FNO2.2C2H6/c1-14-10(13)3-2-7-4-8(11)6-9(12)5-7;2*1-2/h2-6H,12H2,1H3;2*1-2H3/b3-2+;;. The molecule has 0 aromatic heterocycles. The molecule has 0 heterocycles. The number of halogens is 1. The Morgan fingerprint density at radius 3 is 2.22 bits per heavy atom. The number of benzene rings is 1. The molecule has 0 aliphatic rings. The van der Waals surface area contributed by atoms with Crippen molar-refractivity contribution in [1.29, 1.82) is 0 Å². The summed E-state index contributed by atoms with van der Waals surface area (Å²) in [4.78, 5) is 10.7. The summed E-state index contributed by atoms with van der Waals surface area (Å²) in [5, 5.41) is 0. The summed E-state index contributed by atoms with van der Waals surface area (Å²) in [7, 11) is 1.27. The number of anilines is 1. The van der Waals surface area contributed by atoms with Crippen LogP contribution in [0.1, 0.15) is 33.3 Å². The van der Waals surface area contributed by atoms with Crippen LogP contribution in [0.15, 0.2) is 24.3 Å². The minimum Gasteiger partial charge on any atom is -0.466 e. The van der Waals surface area contributed by atoms with Crippen LogP contribution in [-0.2, 0) is 9.53 Å². The molecule has 1 aromatic carbocycles. The van der Waals surface area contributed by atoms with Crippen molar-refractivity contribution >= 4 is 17.7 Å². The van der Waals surface area contributed by atoms with E-state index in [1.807, 2.05) is 27.7 Å². The van der Waals surface area contributed by atoms with Crippen molar-refractivity contribution < 1.29 is 13.9 Å². The van der Waals surface area contributed by atoms with Gasteiger partial charge < -0.3 is 10.5 Å². The van der Waals surface area contributed by atoms with Crippen molar-refractivity contribution in [2.45, 2.75) is 27.7 Å². The Bertz CT molecular complexity index is 356. The lowest BCUT2D eigenvalue weighted by atomic mass is 10.2. The van der Waals surface area contributed by atoms with Crippen LogP contribution < -0.4 is 5.73 Å². The first-order chi connectivity index (χ1) is 8.61. The van der Waals surface area contributed by atoms with Gasteiger partial charge in [0.1, 0.15) is 5.82 Å². The molecule has 102 valence electrons. The number of esters is 1. The SMILES string of the molecule is CC.CC.COC(=O)/C=C/c1cc(N)cc(F)c1. The summed E-state index contributed by atoms with van der Waals surface area (Å²) in [5.41, 5.74) is 6.24. The number of nitrogens with two attached hydrogens (primary N) is 1. The van der Waals surface area contributed by atoms with Crippen LogP contribution in [0.5, 0.6) is 0 Å². The second-order valence-corrected chi connectivity index (χ2v) is 2.67. The summed E-state index contributed by atoms with van der Waals surface area (Å²) in [6.07, 6.45) is 2.64. The third-order valence-electron chi connectivity index (χ3n) is 1.56. The van der Waals surface area contributed by atoms with E-state index >= 15 is 0 Å². The second kappa shape index (κ2) is 11.6. The number of ether oxygens (including phenoxy) is 1. The molecule has 3 nitrogen and oxygen atoms in total. The smallest absolute Gasteiger partial charge is 0.330 e. The summed E-state index contributed by atoms with van der Waals surface area (Å²) >= 11 is 0. The molecule has 4 heteroatoms. The Labute approximate surface area is 108 Å². The van der Waals surface area contributed by atoms with Gasteiger partial charge in [-0.25, -0.2) is 9.18 Å². The highest BCUT2D eigenvalue weighted by Gasteiger charge is 1.96. The van der Waals surface area contributed by atoms with Crippen molar-refractivity contribution in [2.24, 2.45) is 0 Å². The molecule has 1 rings (SSSR count). The van der Waals surface area contributed by atoms with E-state index in [1.54, 1.807) is 6.07 Å². The molecule has 0 saturated heterocycles.